The minimum atomic E-state index is 0.00142. The van der Waals surface area contributed by atoms with E-state index in [0.717, 1.165) is 12.8 Å². The Morgan fingerprint density at radius 1 is 1.25 bits per heavy atom. The fraction of sp³-hybridized carbons (Fsp3) is 1.00. The summed E-state index contributed by atoms with van der Waals surface area (Å²) in [5, 5.41) is 9.41. The molecule has 0 aromatic rings. The standard InChI is InChI=1S/C11H22O/c1-3-7-11(4-2)8-5-10(12)6-9-11/h10,12H,3-9H2,1-2H3. The highest BCUT2D eigenvalue weighted by molar-refractivity contribution is 4.84. The molecule has 1 N–H and O–H groups in total. The highest BCUT2D eigenvalue weighted by Crippen LogP contribution is 2.42. The fourth-order valence-electron chi connectivity index (χ4n) is 2.53. The van der Waals surface area contributed by atoms with Gasteiger partial charge in [-0.2, -0.15) is 0 Å². The van der Waals surface area contributed by atoms with Crippen LogP contribution in [-0.4, -0.2) is 11.2 Å². The Morgan fingerprint density at radius 3 is 2.25 bits per heavy atom. The van der Waals surface area contributed by atoms with Gasteiger partial charge in [-0.25, -0.2) is 0 Å². The van der Waals surface area contributed by atoms with Gasteiger partial charge in [0.15, 0.2) is 0 Å². The normalized spacial score (nSPS) is 36.8. The van der Waals surface area contributed by atoms with E-state index in [-0.39, 0.29) is 6.10 Å². The van der Waals surface area contributed by atoms with Gasteiger partial charge in [-0.3, -0.25) is 0 Å². The molecule has 1 aliphatic carbocycles. The van der Waals surface area contributed by atoms with E-state index in [1.54, 1.807) is 0 Å². The van der Waals surface area contributed by atoms with Crippen molar-refractivity contribution >= 4 is 0 Å². The number of hydrogen-bond acceptors (Lipinski definition) is 1. The van der Waals surface area contributed by atoms with E-state index in [1.165, 1.54) is 32.1 Å². The largest absolute Gasteiger partial charge is 0.393 e. The first-order valence-electron chi connectivity index (χ1n) is 5.40. The minimum absolute atomic E-state index is 0.00142. The summed E-state index contributed by atoms with van der Waals surface area (Å²) in [4.78, 5) is 0. The average molecular weight is 170 g/mol. The van der Waals surface area contributed by atoms with Crippen LogP contribution in [0.1, 0.15) is 58.8 Å². The molecule has 0 amide bonds. The molecular weight excluding hydrogens is 148 g/mol. The summed E-state index contributed by atoms with van der Waals surface area (Å²) in [6.45, 7) is 4.57. The zero-order chi connectivity index (χ0) is 9.03. The van der Waals surface area contributed by atoms with Crippen molar-refractivity contribution in [1.82, 2.24) is 0 Å². The Labute approximate surface area is 76.2 Å². The van der Waals surface area contributed by atoms with Crippen molar-refractivity contribution < 1.29 is 5.11 Å². The van der Waals surface area contributed by atoms with E-state index in [0.29, 0.717) is 5.41 Å². The van der Waals surface area contributed by atoms with Crippen molar-refractivity contribution in [3.63, 3.8) is 0 Å². The maximum absolute atomic E-state index is 9.41. The molecule has 1 fully saturated rings. The lowest BCUT2D eigenvalue weighted by Gasteiger charge is -2.38. The van der Waals surface area contributed by atoms with Crippen molar-refractivity contribution in [2.45, 2.75) is 64.9 Å². The maximum atomic E-state index is 9.41. The molecular formula is C11H22O. The minimum Gasteiger partial charge on any atom is -0.393 e. The van der Waals surface area contributed by atoms with Crippen LogP contribution in [0.25, 0.3) is 0 Å². The monoisotopic (exact) mass is 170 g/mol. The zero-order valence-electron chi connectivity index (χ0n) is 8.47. The van der Waals surface area contributed by atoms with E-state index in [1.807, 2.05) is 0 Å². The first-order valence-corrected chi connectivity index (χ1v) is 5.40. The van der Waals surface area contributed by atoms with Gasteiger partial charge < -0.3 is 5.11 Å². The number of aliphatic hydroxyl groups excluding tert-OH is 1. The Balaban J connectivity index is 2.45. The Hall–Kier alpha value is -0.0400. The van der Waals surface area contributed by atoms with Crippen LogP contribution in [0.4, 0.5) is 0 Å². The summed E-state index contributed by atoms with van der Waals surface area (Å²) in [7, 11) is 0. The smallest absolute Gasteiger partial charge is 0.0540 e. The highest BCUT2D eigenvalue weighted by atomic mass is 16.3. The van der Waals surface area contributed by atoms with Crippen molar-refractivity contribution in [3.05, 3.63) is 0 Å². The summed E-state index contributed by atoms with van der Waals surface area (Å²) in [6, 6.07) is 0. The highest BCUT2D eigenvalue weighted by Gasteiger charge is 2.31. The summed E-state index contributed by atoms with van der Waals surface area (Å²) in [6.07, 6.45) is 8.52. The predicted molar refractivity (Wildman–Crippen MR) is 52.1 cm³/mol. The first kappa shape index (κ1) is 10.0. The van der Waals surface area contributed by atoms with Crippen molar-refractivity contribution in [2.75, 3.05) is 0 Å². The third-order valence-electron chi connectivity index (χ3n) is 3.55. The lowest BCUT2D eigenvalue weighted by Crippen LogP contribution is -2.28. The molecule has 0 saturated heterocycles. The lowest BCUT2D eigenvalue weighted by molar-refractivity contribution is 0.0544. The third kappa shape index (κ3) is 2.22. The second kappa shape index (κ2) is 4.27. The van der Waals surface area contributed by atoms with Gasteiger partial charge in [0.1, 0.15) is 0 Å². The van der Waals surface area contributed by atoms with Gasteiger partial charge in [0.2, 0.25) is 0 Å². The fourth-order valence-corrected chi connectivity index (χ4v) is 2.53. The van der Waals surface area contributed by atoms with Gasteiger partial charge in [0.05, 0.1) is 6.10 Å². The number of hydrogen-bond donors (Lipinski definition) is 1. The molecule has 0 unspecified atom stereocenters. The van der Waals surface area contributed by atoms with Crippen molar-refractivity contribution in [2.24, 2.45) is 5.41 Å². The van der Waals surface area contributed by atoms with Gasteiger partial charge in [0.25, 0.3) is 0 Å². The van der Waals surface area contributed by atoms with Gasteiger partial charge in [0, 0.05) is 0 Å². The Kier molecular flexibility index (Phi) is 3.57. The van der Waals surface area contributed by atoms with Crippen LogP contribution in [-0.2, 0) is 0 Å². The molecule has 12 heavy (non-hydrogen) atoms. The number of aliphatic hydroxyl groups is 1. The van der Waals surface area contributed by atoms with Gasteiger partial charge >= 0.3 is 0 Å². The average Bonchev–Trinajstić information content (AvgIpc) is 2.10. The van der Waals surface area contributed by atoms with Crippen LogP contribution >= 0.6 is 0 Å². The van der Waals surface area contributed by atoms with E-state index in [4.69, 9.17) is 0 Å². The first-order chi connectivity index (χ1) is 5.72. The quantitative estimate of drug-likeness (QED) is 0.690. The van der Waals surface area contributed by atoms with Crippen LogP contribution in [0.2, 0.25) is 0 Å². The molecule has 1 rings (SSSR count). The molecule has 0 radical (unpaired) electrons. The molecule has 1 nitrogen and oxygen atoms in total. The zero-order valence-corrected chi connectivity index (χ0v) is 8.47. The summed E-state index contributed by atoms with van der Waals surface area (Å²) >= 11 is 0. The Morgan fingerprint density at radius 2 is 1.83 bits per heavy atom. The van der Waals surface area contributed by atoms with E-state index < -0.39 is 0 Å². The molecule has 72 valence electrons. The summed E-state index contributed by atoms with van der Waals surface area (Å²) < 4.78 is 0. The topological polar surface area (TPSA) is 20.2 Å². The van der Waals surface area contributed by atoms with Gasteiger partial charge in [-0.05, 0) is 37.5 Å². The summed E-state index contributed by atoms with van der Waals surface area (Å²) in [5.74, 6) is 0. The third-order valence-corrected chi connectivity index (χ3v) is 3.55. The molecule has 0 aromatic heterocycles. The lowest BCUT2D eigenvalue weighted by atomic mass is 9.69. The van der Waals surface area contributed by atoms with E-state index in [9.17, 15) is 5.11 Å². The van der Waals surface area contributed by atoms with Crippen LogP contribution in [0.15, 0.2) is 0 Å². The second-order valence-corrected chi connectivity index (χ2v) is 4.33. The van der Waals surface area contributed by atoms with Crippen LogP contribution < -0.4 is 0 Å². The van der Waals surface area contributed by atoms with Gasteiger partial charge in [-0.15, -0.1) is 0 Å². The van der Waals surface area contributed by atoms with Gasteiger partial charge in [-0.1, -0.05) is 26.7 Å². The van der Waals surface area contributed by atoms with Crippen LogP contribution in [0.3, 0.4) is 0 Å². The molecule has 0 spiro atoms. The van der Waals surface area contributed by atoms with Crippen molar-refractivity contribution in [3.8, 4) is 0 Å². The molecule has 0 bridgehead atoms. The predicted octanol–water partition coefficient (Wildman–Crippen LogP) is 3.12. The van der Waals surface area contributed by atoms with Crippen LogP contribution in [0.5, 0.6) is 0 Å². The molecule has 0 heterocycles. The molecule has 0 aliphatic heterocycles. The molecule has 1 saturated carbocycles. The number of rotatable bonds is 3. The van der Waals surface area contributed by atoms with Crippen molar-refractivity contribution in [1.29, 1.82) is 0 Å². The molecule has 1 heteroatoms. The van der Waals surface area contributed by atoms with Crippen LogP contribution in [0, 0.1) is 5.41 Å². The summed E-state index contributed by atoms with van der Waals surface area (Å²) in [5.41, 5.74) is 0.591. The SMILES string of the molecule is CCCC1(CC)CCC(O)CC1. The second-order valence-electron chi connectivity index (χ2n) is 4.33. The molecule has 0 atom stereocenters. The Bertz CT molecular complexity index is 123. The van der Waals surface area contributed by atoms with E-state index >= 15 is 0 Å². The molecule has 0 aromatic carbocycles. The molecule has 1 aliphatic rings. The van der Waals surface area contributed by atoms with E-state index in [2.05, 4.69) is 13.8 Å². The maximum Gasteiger partial charge on any atom is 0.0540 e.